The summed E-state index contributed by atoms with van der Waals surface area (Å²) in [6.45, 7) is 8.61. The molecule has 0 spiro atoms. The third kappa shape index (κ3) is 11.5. The van der Waals surface area contributed by atoms with Crippen molar-refractivity contribution in [3.8, 4) is 0 Å². The van der Waals surface area contributed by atoms with Gasteiger partial charge in [-0.2, -0.15) is 0 Å². The number of rotatable bonds is 10. The van der Waals surface area contributed by atoms with Gasteiger partial charge >= 0.3 is 0 Å². The van der Waals surface area contributed by atoms with Gasteiger partial charge in [-0.15, -0.1) is 0 Å². The minimum Gasteiger partial charge on any atom is -0.355 e. The van der Waals surface area contributed by atoms with Crippen molar-refractivity contribution in [2.75, 3.05) is 19.6 Å². The zero-order chi connectivity index (χ0) is 12.2. The van der Waals surface area contributed by atoms with Crippen molar-refractivity contribution >= 4 is 5.91 Å². The molecule has 0 heterocycles. The van der Waals surface area contributed by atoms with E-state index in [1.807, 2.05) is 0 Å². The SMILES string of the molecule is CCCCCCCNCC(=O)NCC(C)C. The lowest BCUT2D eigenvalue weighted by molar-refractivity contribution is -0.120. The molecule has 0 radical (unpaired) electrons. The van der Waals surface area contributed by atoms with E-state index in [1.54, 1.807) is 0 Å². The molecule has 3 nitrogen and oxygen atoms in total. The zero-order valence-electron chi connectivity index (χ0n) is 11.1. The van der Waals surface area contributed by atoms with Crippen molar-refractivity contribution in [2.45, 2.75) is 52.9 Å². The van der Waals surface area contributed by atoms with Gasteiger partial charge in [0.1, 0.15) is 0 Å². The van der Waals surface area contributed by atoms with Crippen LogP contribution in [-0.4, -0.2) is 25.5 Å². The topological polar surface area (TPSA) is 41.1 Å². The lowest BCUT2D eigenvalue weighted by Crippen LogP contribution is -2.36. The summed E-state index contributed by atoms with van der Waals surface area (Å²) in [6, 6.07) is 0. The van der Waals surface area contributed by atoms with Crippen LogP contribution in [0.4, 0.5) is 0 Å². The molecule has 0 aliphatic heterocycles. The third-order valence-corrected chi connectivity index (χ3v) is 2.45. The fourth-order valence-corrected chi connectivity index (χ4v) is 1.44. The highest BCUT2D eigenvalue weighted by Crippen LogP contribution is 2.00. The van der Waals surface area contributed by atoms with E-state index in [2.05, 4.69) is 31.4 Å². The maximum atomic E-state index is 11.3. The van der Waals surface area contributed by atoms with Gasteiger partial charge in [-0.1, -0.05) is 46.5 Å². The van der Waals surface area contributed by atoms with Crippen molar-refractivity contribution in [3.63, 3.8) is 0 Å². The van der Waals surface area contributed by atoms with Crippen molar-refractivity contribution in [1.29, 1.82) is 0 Å². The summed E-state index contributed by atoms with van der Waals surface area (Å²) < 4.78 is 0. The van der Waals surface area contributed by atoms with Gasteiger partial charge in [0.15, 0.2) is 0 Å². The number of carbonyl (C=O) groups is 1. The van der Waals surface area contributed by atoms with E-state index >= 15 is 0 Å². The predicted molar refractivity (Wildman–Crippen MR) is 69.5 cm³/mol. The molecule has 1 amide bonds. The van der Waals surface area contributed by atoms with Gasteiger partial charge < -0.3 is 10.6 Å². The Kier molecular flexibility index (Phi) is 10.5. The molecule has 0 unspecified atom stereocenters. The molecular weight excluding hydrogens is 200 g/mol. The molecule has 0 fully saturated rings. The molecule has 0 aliphatic rings. The van der Waals surface area contributed by atoms with Crippen molar-refractivity contribution in [2.24, 2.45) is 5.92 Å². The quantitative estimate of drug-likeness (QED) is 0.563. The van der Waals surface area contributed by atoms with E-state index in [0.717, 1.165) is 13.1 Å². The Balaban J connectivity index is 3.15. The van der Waals surface area contributed by atoms with E-state index < -0.39 is 0 Å². The lowest BCUT2D eigenvalue weighted by atomic mass is 10.1. The van der Waals surface area contributed by atoms with E-state index in [9.17, 15) is 4.79 Å². The molecular formula is C13H28N2O. The van der Waals surface area contributed by atoms with Gasteiger partial charge in [-0.3, -0.25) is 4.79 Å². The Morgan fingerprint density at radius 1 is 1.12 bits per heavy atom. The number of nitrogens with one attached hydrogen (secondary N) is 2. The van der Waals surface area contributed by atoms with Crippen LogP contribution in [0.1, 0.15) is 52.9 Å². The van der Waals surface area contributed by atoms with Gasteiger partial charge in [0.2, 0.25) is 5.91 Å². The average molecular weight is 228 g/mol. The highest BCUT2D eigenvalue weighted by atomic mass is 16.1. The molecule has 0 saturated carbocycles. The first kappa shape index (κ1) is 15.4. The normalized spacial score (nSPS) is 10.8. The Morgan fingerprint density at radius 2 is 1.81 bits per heavy atom. The van der Waals surface area contributed by atoms with Crippen LogP contribution < -0.4 is 10.6 Å². The Labute approximate surface area is 100 Å². The summed E-state index contributed by atoms with van der Waals surface area (Å²) in [4.78, 5) is 11.3. The summed E-state index contributed by atoms with van der Waals surface area (Å²) in [5.74, 6) is 0.639. The second-order valence-electron chi connectivity index (χ2n) is 4.79. The highest BCUT2D eigenvalue weighted by Gasteiger charge is 2.00. The van der Waals surface area contributed by atoms with Gasteiger partial charge in [-0.25, -0.2) is 0 Å². The fourth-order valence-electron chi connectivity index (χ4n) is 1.44. The minimum atomic E-state index is 0.113. The molecule has 96 valence electrons. The number of hydrogen-bond donors (Lipinski definition) is 2. The first-order valence-electron chi connectivity index (χ1n) is 6.64. The van der Waals surface area contributed by atoms with E-state index in [4.69, 9.17) is 0 Å². The molecule has 0 aromatic carbocycles. The van der Waals surface area contributed by atoms with Crippen LogP contribution in [0.3, 0.4) is 0 Å². The fraction of sp³-hybridized carbons (Fsp3) is 0.923. The Hall–Kier alpha value is -0.570. The molecule has 0 bridgehead atoms. The molecule has 2 N–H and O–H groups in total. The van der Waals surface area contributed by atoms with Gasteiger partial charge in [0, 0.05) is 6.54 Å². The number of carbonyl (C=O) groups excluding carboxylic acids is 1. The maximum Gasteiger partial charge on any atom is 0.233 e. The molecule has 0 rings (SSSR count). The molecule has 0 saturated heterocycles. The Bertz CT molecular complexity index is 169. The van der Waals surface area contributed by atoms with Crippen LogP contribution in [-0.2, 0) is 4.79 Å². The van der Waals surface area contributed by atoms with Crippen molar-refractivity contribution in [3.05, 3.63) is 0 Å². The van der Waals surface area contributed by atoms with Crippen LogP contribution >= 0.6 is 0 Å². The van der Waals surface area contributed by atoms with Crippen molar-refractivity contribution < 1.29 is 4.79 Å². The van der Waals surface area contributed by atoms with Crippen LogP contribution in [0, 0.1) is 5.92 Å². The van der Waals surface area contributed by atoms with Gasteiger partial charge in [-0.05, 0) is 18.9 Å². The summed E-state index contributed by atoms with van der Waals surface area (Å²) >= 11 is 0. The number of hydrogen-bond acceptors (Lipinski definition) is 2. The van der Waals surface area contributed by atoms with Crippen LogP contribution in [0.5, 0.6) is 0 Å². The summed E-state index contributed by atoms with van der Waals surface area (Å²) in [5.41, 5.74) is 0. The predicted octanol–water partition coefficient (Wildman–Crippen LogP) is 2.32. The van der Waals surface area contributed by atoms with Crippen LogP contribution in [0.15, 0.2) is 0 Å². The largest absolute Gasteiger partial charge is 0.355 e. The van der Waals surface area contributed by atoms with E-state index in [0.29, 0.717) is 12.5 Å². The van der Waals surface area contributed by atoms with E-state index in [-0.39, 0.29) is 5.91 Å². The van der Waals surface area contributed by atoms with Gasteiger partial charge in [0.25, 0.3) is 0 Å². The zero-order valence-corrected chi connectivity index (χ0v) is 11.1. The number of unbranched alkanes of at least 4 members (excludes halogenated alkanes) is 4. The molecule has 0 aromatic heterocycles. The lowest BCUT2D eigenvalue weighted by Gasteiger charge is -2.08. The highest BCUT2D eigenvalue weighted by molar-refractivity contribution is 5.77. The first-order valence-corrected chi connectivity index (χ1v) is 6.64. The molecule has 16 heavy (non-hydrogen) atoms. The maximum absolute atomic E-state index is 11.3. The first-order chi connectivity index (χ1) is 7.66. The summed E-state index contributed by atoms with van der Waals surface area (Å²) in [5, 5.41) is 6.07. The van der Waals surface area contributed by atoms with E-state index in [1.165, 1.54) is 32.1 Å². The smallest absolute Gasteiger partial charge is 0.233 e. The monoisotopic (exact) mass is 228 g/mol. The molecule has 3 heteroatoms. The van der Waals surface area contributed by atoms with Crippen molar-refractivity contribution in [1.82, 2.24) is 10.6 Å². The second kappa shape index (κ2) is 10.9. The second-order valence-corrected chi connectivity index (χ2v) is 4.79. The van der Waals surface area contributed by atoms with Crippen LogP contribution in [0.25, 0.3) is 0 Å². The summed E-state index contributed by atoms with van der Waals surface area (Å²) in [6.07, 6.45) is 6.38. The van der Waals surface area contributed by atoms with Gasteiger partial charge in [0.05, 0.1) is 6.54 Å². The Morgan fingerprint density at radius 3 is 2.44 bits per heavy atom. The standard InChI is InChI=1S/C13H28N2O/c1-4-5-6-7-8-9-14-11-13(16)15-10-12(2)3/h12,14H,4-11H2,1-3H3,(H,15,16). The molecule has 0 aromatic rings. The third-order valence-electron chi connectivity index (χ3n) is 2.45. The average Bonchev–Trinajstić information content (AvgIpc) is 2.25. The minimum absolute atomic E-state index is 0.113. The molecule has 0 aliphatic carbocycles. The van der Waals surface area contributed by atoms with Crippen LogP contribution in [0.2, 0.25) is 0 Å². The summed E-state index contributed by atoms with van der Waals surface area (Å²) in [7, 11) is 0. The molecule has 0 atom stereocenters. The number of amides is 1.